The Morgan fingerprint density at radius 3 is 2.21 bits per heavy atom. The molecule has 0 unspecified atom stereocenters. The van der Waals surface area contributed by atoms with Crippen molar-refractivity contribution < 1.29 is 29.3 Å². The van der Waals surface area contributed by atoms with Crippen LogP contribution in [0.2, 0.25) is 0 Å². The van der Waals surface area contributed by atoms with Crippen LogP contribution in [0.3, 0.4) is 0 Å². The van der Waals surface area contributed by atoms with E-state index in [-0.39, 0.29) is 28.9 Å². The van der Waals surface area contributed by atoms with Gasteiger partial charge in [-0.05, 0) is 61.9 Å². The number of carbonyl (C=O) groups is 2. The normalized spacial score (nSPS) is 14.6. The molecule has 1 amide bonds. The van der Waals surface area contributed by atoms with Gasteiger partial charge in [-0.15, -0.1) is 0 Å². The summed E-state index contributed by atoms with van der Waals surface area (Å²) in [5.74, 6) is -0.269. The van der Waals surface area contributed by atoms with Crippen molar-refractivity contribution in [3.05, 3.63) is 82.4 Å². The van der Waals surface area contributed by atoms with Crippen LogP contribution >= 0.6 is 0 Å². The summed E-state index contributed by atoms with van der Waals surface area (Å²) in [6, 6.07) is 13.9. The number of aromatic hydroxyl groups is 2. The number of phenolic OH excluding ortho intramolecular Hbond substituents is 2. The highest BCUT2D eigenvalue weighted by atomic mass is 16.6. The van der Waals surface area contributed by atoms with Gasteiger partial charge >= 0.3 is 5.97 Å². The highest BCUT2D eigenvalue weighted by Crippen LogP contribution is 2.57. The Hall–Kier alpha value is -4.04. The van der Waals surface area contributed by atoms with E-state index in [2.05, 4.69) is 5.32 Å². The summed E-state index contributed by atoms with van der Waals surface area (Å²) in [7, 11) is 0. The van der Waals surface area contributed by atoms with E-state index in [1.54, 1.807) is 30.3 Å². The van der Waals surface area contributed by atoms with Gasteiger partial charge in [0, 0.05) is 40.9 Å². The average molecular weight is 460 g/mol. The van der Waals surface area contributed by atoms with Crippen molar-refractivity contribution in [2.24, 2.45) is 5.73 Å². The monoisotopic (exact) mass is 460 g/mol. The molecule has 8 heteroatoms. The van der Waals surface area contributed by atoms with Crippen molar-refractivity contribution in [1.29, 1.82) is 0 Å². The molecule has 3 aromatic carbocycles. The third-order valence-electron chi connectivity index (χ3n) is 6.20. The van der Waals surface area contributed by atoms with Crippen molar-refractivity contribution >= 4 is 11.9 Å². The molecule has 0 saturated heterocycles. The molecule has 5 N–H and O–H groups in total. The molecule has 1 spiro atoms. The fraction of sp³-hybridized carbons (Fsp3) is 0.231. The summed E-state index contributed by atoms with van der Waals surface area (Å²) >= 11 is 0. The van der Waals surface area contributed by atoms with E-state index in [4.69, 9.17) is 15.2 Å². The van der Waals surface area contributed by atoms with E-state index in [0.29, 0.717) is 40.9 Å². The summed E-state index contributed by atoms with van der Waals surface area (Å²) in [6.45, 7) is 1.14. The van der Waals surface area contributed by atoms with Gasteiger partial charge in [0.25, 0.3) is 5.91 Å². The van der Waals surface area contributed by atoms with Crippen LogP contribution in [0.4, 0.5) is 0 Å². The van der Waals surface area contributed by atoms with Gasteiger partial charge in [0.05, 0.1) is 5.56 Å². The molecular weight excluding hydrogens is 436 g/mol. The summed E-state index contributed by atoms with van der Waals surface area (Å²) in [5.41, 5.74) is 6.36. The predicted molar refractivity (Wildman–Crippen MR) is 123 cm³/mol. The standard InChI is InChI=1S/C26H24N2O6/c27-10-2-1-3-11-28-24(31)15-4-7-18-21(12-15)26(34-25(18)32)19-8-5-16(29)13-22(19)33-23-14-17(30)6-9-20(23)26/h4-9,12-14,29-30H,1-3,10-11,27H2,(H,28,31). The number of carbonyl (C=O) groups excluding carboxylic acids is 2. The van der Waals surface area contributed by atoms with Crippen LogP contribution < -0.4 is 15.8 Å². The van der Waals surface area contributed by atoms with Crippen molar-refractivity contribution in [1.82, 2.24) is 5.32 Å². The molecule has 2 heterocycles. The van der Waals surface area contributed by atoms with Crippen LogP contribution in [0.1, 0.15) is 56.7 Å². The summed E-state index contributed by atoms with van der Waals surface area (Å²) in [4.78, 5) is 25.8. The molecule has 2 aliphatic rings. The maximum atomic E-state index is 13.0. The molecule has 8 nitrogen and oxygen atoms in total. The van der Waals surface area contributed by atoms with Crippen LogP contribution in [0.15, 0.2) is 54.6 Å². The van der Waals surface area contributed by atoms with Crippen molar-refractivity contribution in [3.63, 3.8) is 0 Å². The number of fused-ring (bicyclic) bond motifs is 6. The zero-order chi connectivity index (χ0) is 23.9. The van der Waals surface area contributed by atoms with Gasteiger partial charge in [-0.1, -0.05) is 6.42 Å². The molecule has 0 bridgehead atoms. The van der Waals surface area contributed by atoms with Gasteiger partial charge in [0.1, 0.15) is 23.0 Å². The number of nitrogens with two attached hydrogens (primary N) is 1. The summed E-state index contributed by atoms with van der Waals surface area (Å²) in [5, 5.41) is 23.0. The fourth-order valence-corrected chi connectivity index (χ4v) is 4.59. The van der Waals surface area contributed by atoms with Gasteiger partial charge in [0.2, 0.25) is 0 Å². The molecule has 174 valence electrons. The predicted octanol–water partition coefficient (Wildman–Crippen LogP) is 3.52. The van der Waals surface area contributed by atoms with E-state index in [9.17, 15) is 19.8 Å². The van der Waals surface area contributed by atoms with Crippen LogP contribution in [-0.2, 0) is 10.3 Å². The molecule has 0 aromatic heterocycles. The first kappa shape index (κ1) is 21.8. The Morgan fingerprint density at radius 2 is 1.56 bits per heavy atom. The molecule has 5 rings (SSSR count). The lowest BCUT2D eigenvalue weighted by Crippen LogP contribution is -2.33. The van der Waals surface area contributed by atoms with Gasteiger partial charge in [-0.2, -0.15) is 0 Å². The largest absolute Gasteiger partial charge is 0.508 e. The number of hydrogen-bond acceptors (Lipinski definition) is 7. The third kappa shape index (κ3) is 3.43. The molecule has 0 atom stereocenters. The summed E-state index contributed by atoms with van der Waals surface area (Å²) < 4.78 is 12.0. The second-order valence-electron chi connectivity index (χ2n) is 8.40. The number of benzene rings is 3. The van der Waals surface area contributed by atoms with Crippen molar-refractivity contribution in [2.45, 2.75) is 24.9 Å². The highest BCUT2D eigenvalue weighted by Gasteiger charge is 2.53. The molecule has 2 aliphatic heterocycles. The lowest BCUT2D eigenvalue weighted by Gasteiger charge is -2.36. The van der Waals surface area contributed by atoms with E-state index in [0.717, 1.165) is 19.3 Å². The number of unbranched alkanes of at least 4 members (excludes halogenated alkanes) is 2. The molecule has 3 aromatic rings. The van der Waals surface area contributed by atoms with Crippen LogP contribution in [0.5, 0.6) is 23.0 Å². The van der Waals surface area contributed by atoms with Crippen molar-refractivity contribution in [2.75, 3.05) is 13.1 Å². The first-order valence-electron chi connectivity index (χ1n) is 11.1. The zero-order valence-corrected chi connectivity index (χ0v) is 18.3. The highest BCUT2D eigenvalue weighted by molar-refractivity contribution is 6.00. The van der Waals surface area contributed by atoms with E-state index < -0.39 is 11.6 Å². The number of nitrogens with one attached hydrogen (secondary N) is 1. The minimum absolute atomic E-state index is 0.0233. The molecule has 0 fully saturated rings. The van der Waals surface area contributed by atoms with Gasteiger partial charge in [0.15, 0.2) is 5.60 Å². The first-order chi connectivity index (χ1) is 16.4. The molecule has 0 saturated carbocycles. The second kappa shape index (κ2) is 8.39. The maximum Gasteiger partial charge on any atom is 0.340 e. The average Bonchev–Trinajstić information content (AvgIpc) is 3.10. The van der Waals surface area contributed by atoms with Crippen molar-refractivity contribution in [3.8, 4) is 23.0 Å². The smallest absolute Gasteiger partial charge is 0.340 e. The van der Waals surface area contributed by atoms with Crippen LogP contribution in [0, 0.1) is 0 Å². The lowest BCUT2D eigenvalue weighted by molar-refractivity contribution is 0.0224. The number of ether oxygens (including phenoxy) is 2. The third-order valence-corrected chi connectivity index (χ3v) is 6.20. The Balaban J connectivity index is 1.61. The van der Waals surface area contributed by atoms with Crippen LogP contribution in [0.25, 0.3) is 0 Å². The number of hydrogen-bond donors (Lipinski definition) is 4. The van der Waals surface area contributed by atoms with Crippen LogP contribution in [-0.4, -0.2) is 35.2 Å². The van der Waals surface area contributed by atoms with Gasteiger partial charge < -0.3 is 30.7 Å². The Morgan fingerprint density at radius 1 is 0.882 bits per heavy atom. The Bertz CT molecular complexity index is 1250. The topological polar surface area (TPSA) is 131 Å². The quantitative estimate of drug-likeness (QED) is 0.327. The molecule has 0 aliphatic carbocycles. The van der Waals surface area contributed by atoms with E-state index in [1.165, 1.54) is 24.3 Å². The molecule has 0 radical (unpaired) electrons. The van der Waals surface area contributed by atoms with E-state index >= 15 is 0 Å². The SMILES string of the molecule is NCCCCCNC(=O)c1ccc2c(c1)C1(OC2=O)c2ccc(O)cc2Oc2cc(O)ccc21. The maximum absolute atomic E-state index is 13.0. The van der Waals surface area contributed by atoms with E-state index in [1.807, 2.05) is 0 Å². The second-order valence-corrected chi connectivity index (χ2v) is 8.40. The Kier molecular flexibility index (Phi) is 5.37. The number of esters is 1. The minimum Gasteiger partial charge on any atom is -0.508 e. The molecular formula is C26H24N2O6. The zero-order valence-electron chi connectivity index (χ0n) is 18.3. The number of amides is 1. The number of phenols is 2. The minimum atomic E-state index is -1.39. The van der Waals surface area contributed by atoms with Gasteiger partial charge in [-0.25, -0.2) is 4.79 Å². The molecule has 34 heavy (non-hydrogen) atoms. The van der Waals surface area contributed by atoms with Gasteiger partial charge in [-0.3, -0.25) is 4.79 Å². The lowest BCUT2D eigenvalue weighted by atomic mass is 9.77. The summed E-state index contributed by atoms with van der Waals surface area (Å²) in [6.07, 6.45) is 2.66. The Labute approximate surface area is 195 Å². The fourth-order valence-electron chi connectivity index (χ4n) is 4.59. The first-order valence-corrected chi connectivity index (χ1v) is 11.1. The number of rotatable bonds is 6.